The number of carbonyl (C=O) groups is 2. The summed E-state index contributed by atoms with van der Waals surface area (Å²) in [4.78, 5) is 42.9. The number of hydrogen-bond acceptors (Lipinski definition) is 8. The van der Waals surface area contributed by atoms with Crippen molar-refractivity contribution in [3.63, 3.8) is 0 Å². The van der Waals surface area contributed by atoms with Gasteiger partial charge in [-0.3, -0.25) is 14.2 Å². The van der Waals surface area contributed by atoms with Crippen molar-refractivity contribution in [2.75, 3.05) is 20.3 Å². The van der Waals surface area contributed by atoms with Crippen molar-refractivity contribution in [3.05, 3.63) is 95.6 Å². The Balaban J connectivity index is 1.83. The Hall–Kier alpha value is -3.53. The first kappa shape index (κ1) is 25.6. The van der Waals surface area contributed by atoms with Gasteiger partial charge < -0.3 is 14.2 Å². The van der Waals surface area contributed by atoms with E-state index in [0.717, 1.165) is 5.56 Å². The predicted molar refractivity (Wildman–Crippen MR) is 136 cm³/mol. The van der Waals surface area contributed by atoms with E-state index in [1.54, 1.807) is 61.5 Å². The number of esters is 2. The zero-order valence-electron chi connectivity index (χ0n) is 19.8. The first-order chi connectivity index (χ1) is 17.3. The van der Waals surface area contributed by atoms with Crippen molar-refractivity contribution in [2.45, 2.75) is 19.9 Å². The van der Waals surface area contributed by atoms with Crippen LogP contribution in [-0.4, -0.2) is 36.8 Å². The van der Waals surface area contributed by atoms with Crippen LogP contribution in [0.15, 0.2) is 69.6 Å². The Morgan fingerprint density at radius 2 is 1.86 bits per heavy atom. The van der Waals surface area contributed by atoms with E-state index in [1.165, 1.54) is 29.9 Å². The summed E-state index contributed by atoms with van der Waals surface area (Å²) in [5, 5.41) is 0.412. The van der Waals surface area contributed by atoms with Crippen LogP contribution in [0.25, 0.3) is 6.08 Å². The second-order valence-electron chi connectivity index (χ2n) is 7.89. The molecule has 0 unspecified atom stereocenters. The van der Waals surface area contributed by atoms with Crippen LogP contribution in [0.4, 0.5) is 0 Å². The molecule has 3 aromatic rings. The van der Waals surface area contributed by atoms with E-state index in [2.05, 4.69) is 4.99 Å². The van der Waals surface area contributed by atoms with E-state index >= 15 is 0 Å². The lowest BCUT2D eigenvalue weighted by atomic mass is 9.96. The van der Waals surface area contributed by atoms with Crippen LogP contribution in [-0.2, 0) is 19.1 Å². The molecule has 0 bridgehead atoms. The van der Waals surface area contributed by atoms with Gasteiger partial charge in [-0.1, -0.05) is 53.3 Å². The summed E-state index contributed by atoms with van der Waals surface area (Å²) in [6.07, 6.45) is 1.72. The average Bonchev–Trinajstić information content (AvgIpc) is 3.14. The number of halogens is 1. The number of carbonyl (C=O) groups excluding carboxylic acids is 2. The number of rotatable bonds is 7. The number of fused-ring (bicyclic) bond motifs is 1. The molecule has 0 N–H and O–H groups in total. The minimum absolute atomic E-state index is 0.0646. The highest BCUT2D eigenvalue weighted by Crippen LogP contribution is 2.34. The van der Waals surface area contributed by atoms with Crippen LogP contribution in [0, 0.1) is 0 Å². The quantitative estimate of drug-likeness (QED) is 0.267. The lowest BCUT2D eigenvalue weighted by Crippen LogP contribution is -2.40. The molecule has 0 radical (unpaired) electrons. The van der Waals surface area contributed by atoms with E-state index in [-0.39, 0.29) is 24.3 Å². The van der Waals surface area contributed by atoms with Crippen molar-refractivity contribution in [2.24, 2.45) is 4.99 Å². The lowest BCUT2D eigenvalue weighted by molar-refractivity contribution is -0.140. The Kier molecular flexibility index (Phi) is 7.83. The van der Waals surface area contributed by atoms with Gasteiger partial charge in [0.25, 0.3) is 5.56 Å². The van der Waals surface area contributed by atoms with Crippen LogP contribution in [0.2, 0.25) is 5.02 Å². The summed E-state index contributed by atoms with van der Waals surface area (Å²) in [5.41, 5.74) is 1.69. The summed E-state index contributed by atoms with van der Waals surface area (Å²) in [7, 11) is 1.51. The largest absolute Gasteiger partial charge is 0.460 e. The molecule has 1 atom stereocenters. The van der Waals surface area contributed by atoms with Gasteiger partial charge in [-0.05, 0) is 42.3 Å². The van der Waals surface area contributed by atoms with E-state index in [1.807, 2.05) is 0 Å². The Labute approximate surface area is 215 Å². The van der Waals surface area contributed by atoms with Gasteiger partial charge in [0, 0.05) is 19.1 Å². The molecule has 0 fully saturated rings. The van der Waals surface area contributed by atoms with Crippen LogP contribution in [0.5, 0.6) is 5.75 Å². The molecule has 0 saturated heterocycles. The molecule has 186 valence electrons. The van der Waals surface area contributed by atoms with Gasteiger partial charge in [-0.25, -0.2) is 9.79 Å². The zero-order chi connectivity index (χ0) is 25.8. The minimum atomic E-state index is -0.807. The van der Waals surface area contributed by atoms with Crippen LogP contribution < -0.4 is 19.6 Å². The number of hydrogen-bond donors (Lipinski definition) is 0. The molecule has 0 amide bonds. The summed E-state index contributed by atoms with van der Waals surface area (Å²) >= 11 is 7.74. The lowest BCUT2D eigenvalue weighted by Gasteiger charge is -2.25. The number of thiazole rings is 1. The first-order valence-corrected chi connectivity index (χ1v) is 12.2. The topological polar surface area (TPSA) is 96.2 Å². The third-order valence-corrected chi connectivity index (χ3v) is 6.73. The third-order valence-electron chi connectivity index (χ3n) is 5.40. The van der Waals surface area contributed by atoms with E-state index in [4.69, 9.17) is 25.8 Å². The highest BCUT2D eigenvalue weighted by Gasteiger charge is 2.34. The smallest absolute Gasteiger partial charge is 0.338 e. The summed E-state index contributed by atoms with van der Waals surface area (Å²) in [5.74, 6) is -0.594. The molecular formula is C26H23ClN2O6S. The average molecular weight is 527 g/mol. The van der Waals surface area contributed by atoms with Crippen molar-refractivity contribution in [3.8, 4) is 5.75 Å². The SMILES string of the molecule is COCCOC(=O)C1=C(C)N=c2s/c(=C\c3ccc(OC(C)=O)cc3)c(=O)n2[C@H]1c1ccccc1Cl. The molecule has 1 aromatic heterocycles. The molecule has 4 rings (SSSR count). The Morgan fingerprint density at radius 1 is 1.14 bits per heavy atom. The maximum Gasteiger partial charge on any atom is 0.338 e. The molecule has 2 aromatic carbocycles. The number of methoxy groups -OCH3 is 1. The zero-order valence-corrected chi connectivity index (χ0v) is 21.4. The Morgan fingerprint density at radius 3 is 2.53 bits per heavy atom. The standard InChI is InChI=1S/C26H23ClN2O6S/c1-15-22(25(32)34-13-12-33-3)23(19-6-4-5-7-20(19)27)29-24(31)21(36-26(29)28-15)14-17-8-10-18(11-9-17)35-16(2)30/h4-11,14,23H,12-13H2,1-3H3/b21-14-/t23-/m0/s1. The van der Waals surface area contributed by atoms with E-state index in [0.29, 0.717) is 31.4 Å². The molecule has 2 heterocycles. The van der Waals surface area contributed by atoms with Crippen LogP contribution in [0.1, 0.15) is 31.0 Å². The fraction of sp³-hybridized carbons (Fsp3) is 0.231. The molecule has 1 aliphatic heterocycles. The third kappa shape index (κ3) is 5.33. The highest BCUT2D eigenvalue weighted by molar-refractivity contribution is 7.07. The van der Waals surface area contributed by atoms with Gasteiger partial charge in [0.1, 0.15) is 18.4 Å². The molecule has 1 aliphatic rings. The summed E-state index contributed by atoms with van der Waals surface area (Å²) in [6.45, 7) is 3.34. The van der Waals surface area contributed by atoms with Gasteiger partial charge in [0.15, 0.2) is 4.80 Å². The predicted octanol–water partition coefficient (Wildman–Crippen LogP) is 3.00. The van der Waals surface area contributed by atoms with Gasteiger partial charge in [-0.15, -0.1) is 0 Å². The number of benzene rings is 2. The molecule has 10 heteroatoms. The fourth-order valence-electron chi connectivity index (χ4n) is 3.82. The molecule has 8 nitrogen and oxygen atoms in total. The minimum Gasteiger partial charge on any atom is -0.460 e. The second kappa shape index (κ2) is 11.0. The number of aromatic nitrogens is 1. The van der Waals surface area contributed by atoms with Gasteiger partial charge in [-0.2, -0.15) is 0 Å². The molecule has 36 heavy (non-hydrogen) atoms. The first-order valence-electron chi connectivity index (χ1n) is 11.0. The maximum absolute atomic E-state index is 13.6. The van der Waals surface area contributed by atoms with Crippen LogP contribution >= 0.6 is 22.9 Å². The fourth-order valence-corrected chi connectivity index (χ4v) is 5.10. The van der Waals surface area contributed by atoms with Crippen molar-refractivity contribution >= 4 is 41.0 Å². The molecule has 0 saturated carbocycles. The van der Waals surface area contributed by atoms with Gasteiger partial charge in [0.05, 0.1) is 22.4 Å². The van der Waals surface area contributed by atoms with Crippen LogP contribution in [0.3, 0.4) is 0 Å². The number of ether oxygens (including phenoxy) is 3. The number of nitrogens with zero attached hydrogens (tertiary/aromatic N) is 2. The van der Waals surface area contributed by atoms with E-state index < -0.39 is 18.0 Å². The number of allylic oxidation sites excluding steroid dienone is 1. The normalized spacial score (nSPS) is 15.3. The van der Waals surface area contributed by atoms with E-state index in [9.17, 15) is 14.4 Å². The monoisotopic (exact) mass is 526 g/mol. The summed E-state index contributed by atoms with van der Waals surface area (Å²) < 4.78 is 17.3. The molecule has 0 spiro atoms. The highest BCUT2D eigenvalue weighted by atomic mass is 35.5. The van der Waals surface area contributed by atoms with Crippen molar-refractivity contribution < 1.29 is 23.8 Å². The van der Waals surface area contributed by atoms with Gasteiger partial charge >= 0.3 is 11.9 Å². The van der Waals surface area contributed by atoms with Crippen molar-refractivity contribution in [1.29, 1.82) is 0 Å². The summed E-state index contributed by atoms with van der Waals surface area (Å²) in [6, 6.07) is 13.0. The molecule has 0 aliphatic carbocycles. The Bertz CT molecular complexity index is 1520. The maximum atomic E-state index is 13.6. The van der Waals surface area contributed by atoms with Crippen molar-refractivity contribution in [1.82, 2.24) is 4.57 Å². The second-order valence-corrected chi connectivity index (χ2v) is 9.31. The van der Waals surface area contributed by atoms with Gasteiger partial charge in [0.2, 0.25) is 0 Å². The molecular weight excluding hydrogens is 504 g/mol.